The summed E-state index contributed by atoms with van der Waals surface area (Å²) in [6.45, 7) is 0. The van der Waals surface area contributed by atoms with E-state index in [0.717, 1.165) is 5.52 Å². The maximum absolute atomic E-state index is 4.70. The molecule has 0 aliphatic carbocycles. The normalized spacial score (nSPS) is 11.5. The van der Waals surface area contributed by atoms with Crippen LogP contribution >= 0.6 is 0 Å². The second-order valence-corrected chi connectivity index (χ2v) is 11.9. The third-order valence-corrected chi connectivity index (χ3v) is 9.31. The molecule has 0 spiro atoms. The molecule has 0 unspecified atom stereocenters. The molecule has 1 nitrogen and oxygen atoms in total. The SMILES string of the molecule is c1ccc(-c2c3ccccc3c(-c3ccccc3)c3cc(-c4ccc(-c5cc6ncccc6c6ccccc56)cc4)ccc23)cc1. The van der Waals surface area contributed by atoms with Crippen LogP contribution in [-0.2, 0) is 0 Å². The quantitative estimate of drug-likeness (QED) is 0.148. The molecule has 0 bridgehead atoms. The van der Waals surface area contributed by atoms with E-state index in [1.807, 2.05) is 12.3 Å². The van der Waals surface area contributed by atoms with Gasteiger partial charge in [-0.05, 0) is 95.0 Å². The number of hydrogen-bond acceptors (Lipinski definition) is 1. The van der Waals surface area contributed by atoms with Gasteiger partial charge in [-0.1, -0.05) is 152 Å². The van der Waals surface area contributed by atoms with E-state index < -0.39 is 0 Å². The van der Waals surface area contributed by atoms with Crippen LogP contribution in [0.5, 0.6) is 0 Å². The van der Waals surface area contributed by atoms with Gasteiger partial charge in [0, 0.05) is 11.6 Å². The van der Waals surface area contributed by atoms with Crippen molar-refractivity contribution in [1.29, 1.82) is 0 Å². The van der Waals surface area contributed by atoms with E-state index in [2.05, 4.69) is 164 Å². The lowest BCUT2D eigenvalue weighted by molar-refractivity contribution is 1.42. The fraction of sp³-hybridized carbons (Fsp3) is 0. The van der Waals surface area contributed by atoms with Gasteiger partial charge in [0.05, 0.1) is 5.52 Å². The van der Waals surface area contributed by atoms with Crippen molar-refractivity contribution in [3.63, 3.8) is 0 Å². The number of nitrogens with zero attached hydrogens (tertiary/aromatic N) is 1. The summed E-state index contributed by atoms with van der Waals surface area (Å²) in [4.78, 5) is 4.70. The minimum absolute atomic E-state index is 1.02. The molecule has 0 amide bonds. The first-order chi connectivity index (χ1) is 22.8. The maximum Gasteiger partial charge on any atom is 0.0714 e. The Morgan fingerprint density at radius 1 is 0.283 bits per heavy atom. The molecule has 0 N–H and O–H groups in total. The number of rotatable bonds is 4. The van der Waals surface area contributed by atoms with Crippen LogP contribution in [0.1, 0.15) is 0 Å². The lowest BCUT2D eigenvalue weighted by Gasteiger charge is -2.19. The number of fused-ring (bicyclic) bond motifs is 5. The summed E-state index contributed by atoms with van der Waals surface area (Å²) in [6, 6.07) is 61.5. The van der Waals surface area contributed by atoms with E-state index in [1.165, 1.54) is 82.2 Å². The zero-order valence-corrected chi connectivity index (χ0v) is 25.2. The standard InChI is InChI=1S/C45H29N/c1-3-12-32(13-4-1)44-38-18-9-10-19-39(38)45(33-14-5-2-6-15-33)42-28-34(25-26-40(42)44)30-21-23-31(24-22-30)41-29-43-37(20-11-27-46-43)35-16-7-8-17-36(35)41/h1-29H. The molecule has 214 valence electrons. The molecule has 0 atom stereocenters. The van der Waals surface area contributed by atoms with Crippen molar-refractivity contribution in [2.24, 2.45) is 0 Å². The summed E-state index contributed by atoms with van der Waals surface area (Å²) in [6.07, 6.45) is 1.87. The molecular weight excluding hydrogens is 555 g/mol. The molecule has 0 radical (unpaired) electrons. The van der Waals surface area contributed by atoms with E-state index in [4.69, 9.17) is 4.98 Å². The molecule has 1 heteroatoms. The summed E-state index contributed by atoms with van der Waals surface area (Å²) in [5.41, 5.74) is 10.8. The highest BCUT2D eigenvalue weighted by atomic mass is 14.6. The molecule has 0 fully saturated rings. The average Bonchev–Trinajstić information content (AvgIpc) is 3.14. The van der Waals surface area contributed by atoms with Crippen LogP contribution in [0.15, 0.2) is 176 Å². The Hall–Kier alpha value is -6.05. The molecule has 46 heavy (non-hydrogen) atoms. The Balaban J connectivity index is 1.25. The van der Waals surface area contributed by atoms with Crippen LogP contribution in [0, 0.1) is 0 Å². The average molecular weight is 584 g/mol. The third-order valence-electron chi connectivity index (χ3n) is 9.31. The molecule has 0 saturated heterocycles. The summed E-state index contributed by atoms with van der Waals surface area (Å²) >= 11 is 0. The summed E-state index contributed by atoms with van der Waals surface area (Å²) in [5.74, 6) is 0. The predicted molar refractivity (Wildman–Crippen MR) is 196 cm³/mol. The summed E-state index contributed by atoms with van der Waals surface area (Å²) in [5, 5.41) is 8.73. The molecule has 9 aromatic rings. The van der Waals surface area contributed by atoms with Crippen LogP contribution in [0.25, 0.3) is 87.7 Å². The molecule has 9 rings (SSSR count). The highest BCUT2D eigenvalue weighted by Gasteiger charge is 2.17. The first kappa shape index (κ1) is 26.4. The van der Waals surface area contributed by atoms with E-state index in [0.29, 0.717) is 0 Å². The fourth-order valence-corrected chi connectivity index (χ4v) is 7.20. The molecule has 0 aliphatic rings. The highest BCUT2D eigenvalue weighted by molar-refractivity contribution is 6.22. The first-order valence-corrected chi connectivity index (χ1v) is 15.8. The highest BCUT2D eigenvalue weighted by Crippen LogP contribution is 2.45. The lowest BCUT2D eigenvalue weighted by Crippen LogP contribution is -1.91. The van der Waals surface area contributed by atoms with Crippen molar-refractivity contribution >= 4 is 43.2 Å². The van der Waals surface area contributed by atoms with Crippen molar-refractivity contribution < 1.29 is 0 Å². The smallest absolute Gasteiger partial charge is 0.0714 e. The van der Waals surface area contributed by atoms with E-state index >= 15 is 0 Å². The molecule has 0 saturated carbocycles. The minimum atomic E-state index is 1.02. The predicted octanol–water partition coefficient (Wildman–Crippen LogP) is 12.4. The van der Waals surface area contributed by atoms with Gasteiger partial charge in [-0.25, -0.2) is 0 Å². The van der Waals surface area contributed by atoms with Crippen molar-refractivity contribution in [1.82, 2.24) is 4.98 Å². The van der Waals surface area contributed by atoms with Crippen molar-refractivity contribution in [2.75, 3.05) is 0 Å². The Labute approximate surface area is 268 Å². The third kappa shape index (κ3) is 4.29. The lowest BCUT2D eigenvalue weighted by atomic mass is 9.85. The van der Waals surface area contributed by atoms with Gasteiger partial charge in [0.2, 0.25) is 0 Å². The van der Waals surface area contributed by atoms with Gasteiger partial charge >= 0.3 is 0 Å². The van der Waals surface area contributed by atoms with Crippen molar-refractivity contribution in [2.45, 2.75) is 0 Å². The number of benzene rings is 8. The van der Waals surface area contributed by atoms with Gasteiger partial charge in [-0.2, -0.15) is 0 Å². The number of pyridine rings is 1. The van der Waals surface area contributed by atoms with Crippen LogP contribution in [0.3, 0.4) is 0 Å². The molecule has 1 heterocycles. The van der Waals surface area contributed by atoms with E-state index in [9.17, 15) is 0 Å². The van der Waals surface area contributed by atoms with Crippen molar-refractivity contribution in [3.05, 3.63) is 176 Å². The Kier molecular flexibility index (Phi) is 6.21. The van der Waals surface area contributed by atoms with Crippen LogP contribution in [0.4, 0.5) is 0 Å². The van der Waals surface area contributed by atoms with E-state index in [-0.39, 0.29) is 0 Å². The first-order valence-electron chi connectivity index (χ1n) is 15.8. The fourth-order valence-electron chi connectivity index (χ4n) is 7.20. The van der Waals surface area contributed by atoms with Gasteiger partial charge in [-0.3, -0.25) is 4.98 Å². The topological polar surface area (TPSA) is 12.9 Å². The van der Waals surface area contributed by atoms with Gasteiger partial charge in [0.15, 0.2) is 0 Å². The van der Waals surface area contributed by atoms with Crippen LogP contribution < -0.4 is 0 Å². The van der Waals surface area contributed by atoms with Gasteiger partial charge in [0.1, 0.15) is 0 Å². The Morgan fingerprint density at radius 3 is 1.46 bits per heavy atom. The van der Waals surface area contributed by atoms with Crippen LogP contribution in [-0.4, -0.2) is 4.98 Å². The van der Waals surface area contributed by atoms with Gasteiger partial charge < -0.3 is 0 Å². The number of hydrogen-bond donors (Lipinski definition) is 0. The molecule has 0 aliphatic heterocycles. The second-order valence-electron chi connectivity index (χ2n) is 11.9. The summed E-state index contributed by atoms with van der Waals surface area (Å²) < 4.78 is 0. The zero-order chi connectivity index (χ0) is 30.5. The second kappa shape index (κ2) is 10.8. The maximum atomic E-state index is 4.70. The Bertz CT molecular complexity index is 2550. The monoisotopic (exact) mass is 583 g/mol. The van der Waals surface area contributed by atoms with Crippen molar-refractivity contribution in [3.8, 4) is 44.5 Å². The minimum Gasteiger partial charge on any atom is -0.256 e. The van der Waals surface area contributed by atoms with Gasteiger partial charge in [-0.15, -0.1) is 0 Å². The summed E-state index contributed by atoms with van der Waals surface area (Å²) in [7, 11) is 0. The molecular formula is C45H29N. The zero-order valence-electron chi connectivity index (χ0n) is 25.2. The van der Waals surface area contributed by atoms with Gasteiger partial charge in [0.25, 0.3) is 0 Å². The molecule has 8 aromatic carbocycles. The molecule has 1 aromatic heterocycles. The largest absolute Gasteiger partial charge is 0.256 e. The Morgan fingerprint density at radius 2 is 0.783 bits per heavy atom. The number of aromatic nitrogens is 1. The van der Waals surface area contributed by atoms with E-state index in [1.54, 1.807) is 0 Å². The van der Waals surface area contributed by atoms with Crippen LogP contribution in [0.2, 0.25) is 0 Å².